The van der Waals surface area contributed by atoms with E-state index in [-0.39, 0.29) is 29.3 Å². The molecule has 2 unspecified atom stereocenters. The first kappa shape index (κ1) is 23.4. The molecular weight excluding hydrogens is 436 g/mol. The fourth-order valence-electron chi connectivity index (χ4n) is 4.98. The summed E-state index contributed by atoms with van der Waals surface area (Å²) in [5.41, 5.74) is 2.90. The van der Waals surface area contributed by atoms with Gasteiger partial charge in [0.25, 0.3) is 5.56 Å². The van der Waals surface area contributed by atoms with Gasteiger partial charge in [-0.15, -0.1) is 0 Å². The van der Waals surface area contributed by atoms with Gasteiger partial charge in [0.1, 0.15) is 6.04 Å². The largest absolute Gasteiger partial charge is 0.326 e. The average molecular weight is 469 g/mol. The van der Waals surface area contributed by atoms with Gasteiger partial charge < -0.3 is 20.1 Å². The van der Waals surface area contributed by atoms with E-state index >= 15 is 0 Å². The Bertz CT molecular complexity index is 1070. The fourth-order valence-corrected chi connectivity index (χ4v) is 5.45. The molecule has 0 radical (unpaired) electrons. The number of rotatable bonds is 7. The average Bonchev–Trinajstić information content (AvgIpc) is 2.82. The van der Waals surface area contributed by atoms with Crippen molar-refractivity contribution in [3.8, 4) is 0 Å². The molecule has 1 aromatic heterocycles. The van der Waals surface area contributed by atoms with Crippen LogP contribution in [-0.2, 0) is 17.8 Å². The minimum atomic E-state index is -0.605. The molecule has 1 fully saturated rings. The normalized spacial score (nSPS) is 20.0. The summed E-state index contributed by atoms with van der Waals surface area (Å²) >= 11 is 1.65. The van der Waals surface area contributed by atoms with Crippen LogP contribution in [0, 0.1) is 5.92 Å². The third kappa shape index (κ3) is 5.27. The molecule has 7 nitrogen and oxygen atoms in total. The quantitative estimate of drug-likeness (QED) is 0.653. The number of para-hydroxylation sites is 1. The second kappa shape index (κ2) is 10.5. The van der Waals surface area contributed by atoms with Gasteiger partial charge in [-0.05, 0) is 54.9 Å². The maximum atomic E-state index is 13.2. The molecule has 2 aromatic rings. The van der Waals surface area contributed by atoms with Gasteiger partial charge in [0.05, 0.1) is 0 Å². The van der Waals surface area contributed by atoms with Crippen LogP contribution in [0.4, 0.5) is 10.5 Å². The molecule has 4 rings (SSSR count). The number of benzene rings is 1. The Morgan fingerprint density at radius 3 is 2.73 bits per heavy atom. The molecule has 176 valence electrons. The summed E-state index contributed by atoms with van der Waals surface area (Å²) in [5.74, 6) is 0.978. The summed E-state index contributed by atoms with van der Waals surface area (Å²) < 4.78 is 1.86. The van der Waals surface area contributed by atoms with Gasteiger partial charge in [-0.1, -0.05) is 31.2 Å². The molecule has 2 aliphatic rings. The second-order valence-corrected chi connectivity index (χ2v) is 9.87. The predicted octanol–water partition coefficient (Wildman–Crippen LogP) is 3.30. The Hall–Kier alpha value is -2.74. The third-order valence-corrected chi connectivity index (χ3v) is 7.29. The maximum absolute atomic E-state index is 13.2. The van der Waals surface area contributed by atoms with Crippen molar-refractivity contribution in [2.45, 2.75) is 44.7 Å². The van der Waals surface area contributed by atoms with Crippen molar-refractivity contribution >= 4 is 29.4 Å². The Morgan fingerprint density at radius 1 is 1.12 bits per heavy atom. The monoisotopic (exact) mass is 468 g/mol. The highest BCUT2D eigenvalue weighted by molar-refractivity contribution is 7.98. The lowest BCUT2D eigenvalue weighted by Crippen LogP contribution is -2.55. The molecule has 3 atom stereocenters. The number of thioether (sulfide) groups is 1. The number of fused-ring (bicyclic) bond motifs is 4. The summed E-state index contributed by atoms with van der Waals surface area (Å²) in [6.45, 7) is 3.84. The molecule has 33 heavy (non-hydrogen) atoms. The van der Waals surface area contributed by atoms with E-state index in [1.165, 1.54) is 0 Å². The van der Waals surface area contributed by atoms with Gasteiger partial charge in [-0.25, -0.2) is 4.79 Å². The molecule has 8 heteroatoms. The number of amides is 3. The van der Waals surface area contributed by atoms with Crippen LogP contribution in [0.1, 0.15) is 36.9 Å². The van der Waals surface area contributed by atoms with Gasteiger partial charge in [-0.3, -0.25) is 9.59 Å². The lowest BCUT2D eigenvalue weighted by molar-refractivity contribution is -0.118. The van der Waals surface area contributed by atoms with Gasteiger partial charge in [0.15, 0.2) is 0 Å². The van der Waals surface area contributed by atoms with E-state index in [0.717, 1.165) is 35.5 Å². The molecule has 2 aliphatic heterocycles. The Kier molecular flexibility index (Phi) is 7.42. The molecule has 2 bridgehead atoms. The van der Waals surface area contributed by atoms with Crippen LogP contribution in [0.15, 0.2) is 47.3 Å². The molecular formula is C25H32N4O3S. The van der Waals surface area contributed by atoms with Crippen LogP contribution in [0.5, 0.6) is 0 Å². The first-order valence-electron chi connectivity index (χ1n) is 11.6. The number of hydrogen-bond acceptors (Lipinski definition) is 4. The summed E-state index contributed by atoms with van der Waals surface area (Å²) in [7, 11) is 0. The first-order valence-corrected chi connectivity index (χ1v) is 13.0. The number of nitrogens with one attached hydrogen (secondary N) is 2. The van der Waals surface area contributed by atoms with E-state index in [2.05, 4.69) is 17.6 Å². The van der Waals surface area contributed by atoms with Gasteiger partial charge in [0.2, 0.25) is 5.91 Å². The number of urea groups is 1. The number of nitrogens with zero attached hydrogens (tertiary/aromatic N) is 2. The highest BCUT2D eigenvalue weighted by Crippen LogP contribution is 2.34. The van der Waals surface area contributed by atoms with Crippen molar-refractivity contribution in [3.63, 3.8) is 0 Å². The highest BCUT2D eigenvalue weighted by atomic mass is 32.2. The van der Waals surface area contributed by atoms with Gasteiger partial charge in [-0.2, -0.15) is 11.8 Å². The van der Waals surface area contributed by atoms with E-state index in [1.807, 2.05) is 46.1 Å². The van der Waals surface area contributed by atoms with Crippen LogP contribution in [0.2, 0.25) is 0 Å². The zero-order valence-electron chi connectivity index (χ0n) is 19.3. The second-order valence-electron chi connectivity index (χ2n) is 8.89. The minimum absolute atomic E-state index is 0.0289. The minimum Gasteiger partial charge on any atom is -0.326 e. The van der Waals surface area contributed by atoms with Crippen molar-refractivity contribution in [3.05, 3.63) is 64.1 Å². The molecule has 1 saturated heterocycles. The number of carbonyl (C=O) groups is 2. The van der Waals surface area contributed by atoms with E-state index in [1.54, 1.807) is 23.9 Å². The Labute approximate surface area is 198 Å². The number of aromatic nitrogens is 1. The molecule has 0 saturated carbocycles. The predicted molar refractivity (Wildman–Crippen MR) is 133 cm³/mol. The summed E-state index contributed by atoms with van der Waals surface area (Å²) in [5, 5.41) is 6.02. The summed E-state index contributed by atoms with van der Waals surface area (Å²) in [4.78, 5) is 40.4. The molecule has 3 amide bonds. The topological polar surface area (TPSA) is 83.4 Å². The fraction of sp³-hybridized carbons (Fsp3) is 0.480. The van der Waals surface area contributed by atoms with E-state index < -0.39 is 6.04 Å². The number of aryl methyl sites for hydroxylation is 1. The molecule has 3 heterocycles. The van der Waals surface area contributed by atoms with E-state index in [0.29, 0.717) is 26.1 Å². The molecule has 1 aromatic carbocycles. The molecule has 0 aliphatic carbocycles. The maximum Gasteiger partial charge on any atom is 0.318 e. The van der Waals surface area contributed by atoms with Crippen molar-refractivity contribution < 1.29 is 9.59 Å². The van der Waals surface area contributed by atoms with Gasteiger partial charge >= 0.3 is 6.03 Å². The number of pyridine rings is 1. The van der Waals surface area contributed by atoms with Crippen molar-refractivity contribution in [2.24, 2.45) is 5.92 Å². The Morgan fingerprint density at radius 2 is 1.94 bits per heavy atom. The zero-order chi connectivity index (χ0) is 23.4. The standard InChI is InChI=1S/C25H32N4O3S/c1-3-18-7-4-5-8-20(18)26-24(31)21(11-12-33-2)27-25(32)28-14-17-13-19(16-28)22-9-6-10-23(30)29(22)15-17/h4-10,17,19,21H,3,11-16H2,1-2H3,(H,26,31)(H,27,32)/t17?,19?,21-/m0/s1. The van der Waals surface area contributed by atoms with Crippen LogP contribution in [0.3, 0.4) is 0 Å². The SMILES string of the molecule is CCc1ccccc1NC(=O)[C@H](CCSC)NC(=O)N1CC2CC(C1)c1cccc(=O)n1C2. The van der Waals surface area contributed by atoms with Crippen LogP contribution >= 0.6 is 11.8 Å². The number of carbonyl (C=O) groups excluding carboxylic acids is 2. The van der Waals surface area contributed by atoms with Crippen LogP contribution < -0.4 is 16.2 Å². The van der Waals surface area contributed by atoms with Crippen LogP contribution in [-0.4, -0.2) is 52.5 Å². The third-order valence-electron chi connectivity index (χ3n) is 6.65. The van der Waals surface area contributed by atoms with E-state index in [4.69, 9.17) is 0 Å². The molecule has 0 spiro atoms. The molecule has 2 N–H and O–H groups in total. The van der Waals surface area contributed by atoms with Crippen molar-refractivity contribution in [1.82, 2.24) is 14.8 Å². The zero-order valence-corrected chi connectivity index (χ0v) is 20.1. The Balaban J connectivity index is 1.45. The summed E-state index contributed by atoms with van der Waals surface area (Å²) in [6.07, 6.45) is 4.36. The highest BCUT2D eigenvalue weighted by Gasteiger charge is 2.37. The van der Waals surface area contributed by atoms with Crippen molar-refractivity contribution in [1.29, 1.82) is 0 Å². The first-order chi connectivity index (χ1) is 16.0. The number of likely N-dealkylation sites (tertiary alicyclic amines) is 1. The summed E-state index contributed by atoms with van der Waals surface area (Å²) in [6, 6.07) is 12.3. The number of piperidine rings is 1. The van der Waals surface area contributed by atoms with Crippen molar-refractivity contribution in [2.75, 3.05) is 30.4 Å². The lowest BCUT2D eigenvalue weighted by atomic mass is 9.83. The number of hydrogen-bond donors (Lipinski definition) is 2. The van der Waals surface area contributed by atoms with Gasteiger partial charge in [0, 0.05) is 43.0 Å². The number of anilines is 1. The smallest absolute Gasteiger partial charge is 0.318 e. The van der Waals surface area contributed by atoms with E-state index in [9.17, 15) is 14.4 Å². The lowest BCUT2D eigenvalue weighted by Gasteiger charge is -2.43. The van der Waals surface area contributed by atoms with Crippen LogP contribution in [0.25, 0.3) is 0 Å².